The van der Waals surface area contributed by atoms with Crippen molar-refractivity contribution in [2.24, 2.45) is 0 Å². The van der Waals surface area contributed by atoms with Gasteiger partial charge in [0.1, 0.15) is 5.69 Å². The van der Waals surface area contributed by atoms with Crippen molar-refractivity contribution < 1.29 is 4.79 Å². The first-order valence-electron chi connectivity index (χ1n) is 7.89. The quantitative estimate of drug-likeness (QED) is 0.898. The SMILES string of the molecule is CC(C)(C)c1cnc(NC(=O)c2cccn2C2CCCC2)s1. The molecule has 5 heteroatoms. The topological polar surface area (TPSA) is 46.9 Å². The average molecular weight is 317 g/mol. The largest absolute Gasteiger partial charge is 0.340 e. The van der Waals surface area contributed by atoms with Crippen molar-refractivity contribution in [2.75, 3.05) is 5.32 Å². The van der Waals surface area contributed by atoms with Gasteiger partial charge in [-0.3, -0.25) is 10.1 Å². The Hall–Kier alpha value is -1.62. The van der Waals surface area contributed by atoms with Crippen molar-refractivity contribution in [1.82, 2.24) is 9.55 Å². The number of aromatic nitrogens is 2. The predicted octanol–water partition coefficient (Wildman–Crippen LogP) is 4.61. The summed E-state index contributed by atoms with van der Waals surface area (Å²) in [5.41, 5.74) is 0.796. The molecule has 0 saturated heterocycles. The monoisotopic (exact) mass is 317 g/mol. The lowest BCUT2D eigenvalue weighted by Crippen LogP contribution is -2.18. The zero-order valence-electron chi connectivity index (χ0n) is 13.4. The van der Waals surface area contributed by atoms with Crippen LogP contribution in [0.5, 0.6) is 0 Å². The summed E-state index contributed by atoms with van der Waals surface area (Å²) in [6.45, 7) is 6.45. The van der Waals surface area contributed by atoms with Crippen LogP contribution in [0, 0.1) is 0 Å². The molecule has 0 aliphatic heterocycles. The summed E-state index contributed by atoms with van der Waals surface area (Å²) in [7, 11) is 0. The lowest BCUT2D eigenvalue weighted by atomic mass is 9.96. The van der Waals surface area contributed by atoms with Crippen LogP contribution in [0.1, 0.15) is 67.9 Å². The maximum atomic E-state index is 12.5. The van der Waals surface area contributed by atoms with Crippen LogP contribution in [-0.4, -0.2) is 15.5 Å². The molecule has 0 spiro atoms. The molecule has 1 aliphatic carbocycles. The van der Waals surface area contributed by atoms with Gasteiger partial charge in [-0.1, -0.05) is 33.6 Å². The lowest BCUT2D eigenvalue weighted by molar-refractivity contribution is 0.101. The fourth-order valence-electron chi connectivity index (χ4n) is 2.93. The third-order valence-corrected chi connectivity index (χ3v) is 5.53. The Morgan fingerprint density at radius 2 is 2.09 bits per heavy atom. The molecule has 1 amide bonds. The molecule has 2 aromatic heterocycles. The number of hydrogen-bond donors (Lipinski definition) is 1. The highest BCUT2D eigenvalue weighted by molar-refractivity contribution is 7.15. The van der Waals surface area contributed by atoms with E-state index in [9.17, 15) is 4.79 Å². The van der Waals surface area contributed by atoms with Gasteiger partial charge in [-0.15, -0.1) is 11.3 Å². The first kappa shape index (κ1) is 15.3. The van der Waals surface area contributed by atoms with Gasteiger partial charge in [-0.2, -0.15) is 0 Å². The number of rotatable bonds is 3. The summed E-state index contributed by atoms with van der Waals surface area (Å²) in [5.74, 6) is -0.0632. The minimum atomic E-state index is -0.0632. The maximum Gasteiger partial charge on any atom is 0.274 e. The number of nitrogens with zero attached hydrogens (tertiary/aromatic N) is 2. The number of hydrogen-bond acceptors (Lipinski definition) is 3. The normalized spacial score (nSPS) is 16.1. The van der Waals surface area contributed by atoms with Gasteiger partial charge in [0.15, 0.2) is 5.13 Å². The molecule has 0 atom stereocenters. The third-order valence-electron chi connectivity index (χ3n) is 4.20. The van der Waals surface area contributed by atoms with E-state index in [1.165, 1.54) is 30.6 Å². The molecule has 0 bridgehead atoms. The fraction of sp³-hybridized carbons (Fsp3) is 0.529. The van der Waals surface area contributed by atoms with Gasteiger partial charge in [-0.05, 0) is 30.4 Å². The number of thiazole rings is 1. The molecule has 0 unspecified atom stereocenters. The number of carbonyl (C=O) groups is 1. The van der Waals surface area contributed by atoms with Crippen molar-refractivity contribution >= 4 is 22.4 Å². The fourth-order valence-corrected chi connectivity index (χ4v) is 3.80. The summed E-state index contributed by atoms with van der Waals surface area (Å²) >= 11 is 1.55. The first-order valence-corrected chi connectivity index (χ1v) is 8.71. The Bertz CT molecular complexity index is 659. The second-order valence-electron chi connectivity index (χ2n) is 6.97. The standard InChI is InChI=1S/C17H23N3OS/c1-17(2,3)14-11-18-16(22-14)19-15(21)13-9-6-10-20(13)12-7-4-5-8-12/h6,9-12H,4-5,7-8H2,1-3H3,(H,18,19,21). The van der Waals surface area contributed by atoms with Crippen LogP contribution >= 0.6 is 11.3 Å². The van der Waals surface area contributed by atoms with Gasteiger partial charge in [-0.25, -0.2) is 4.98 Å². The molecule has 22 heavy (non-hydrogen) atoms. The van der Waals surface area contributed by atoms with Gasteiger partial charge in [0.05, 0.1) is 0 Å². The van der Waals surface area contributed by atoms with Crippen LogP contribution in [0.25, 0.3) is 0 Å². The Balaban J connectivity index is 1.75. The zero-order valence-corrected chi connectivity index (χ0v) is 14.2. The van der Waals surface area contributed by atoms with Crippen molar-refractivity contribution in [2.45, 2.75) is 57.9 Å². The Kier molecular flexibility index (Phi) is 4.08. The van der Waals surface area contributed by atoms with E-state index in [0.717, 1.165) is 5.69 Å². The number of anilines is 1. The Morgan fingerprint density at radius 1 is 1.36 bits per heavy atom. The zero-order chi connectivity index (χ0) is 15.7. The highest BCUT2D eigenvalue weighted by atomic mass is 32.1. The van der Waals surface area contributed by atoms with Crippen molar-refractivity contribution in [3.05, 3.63) is 35.1 Å². The minimum Gasteiger partial charge on any atom is -0.340 e. The summed E-state index contributed by atoms with van der Waals surface area (Å²) in [6, 6.07) is 4.32. The van der Waals surface area contributed by atoms with E-state index in [-0.39, 0.29) is 11.3 Å². The van der Waals surface area contributed by atoms with Gasteiger partial charge < -0.3 is 4.57 Å². The molecular formula is C17H23N3OS. The minimum absolute atomic E-state index is 0.0602. The summed E-state index contributed by atoms with van der Waals surface area (Å²) in [6.07, 6.45) is 8.72. The van der Waals surface area contributed by atoms with Crippen LogP contribution in [0.15, 0.2) is 24.5 Å². The van der Waals surface area contributed by atoms with Crippen LogP contribution in [0.4, 0.5) is 5.13 Å². The van der Waals surface area contributed by atoms with Crippen LogP contribution in [0.3, 0.4) is 0 Å². The molecular weight excluding hydrogens is 294 g/mol. The average Bonchev–Trinajstić information content (AvgIpc) is 3.18. The lowest BCUT2D eigenvalue weighted by Gasteiger charge is -2.15. The molecule has 118 valence electrons. The number of amides is 1. The van der Waals surface area contributed by atoms with Gasteiger partial charge in [0, 0.05) is 23.3 Å². The van der Waals surface area contributed by atoms with Crippen molar-refractivity contribution in [1.29, 1.82) is 0 Å². The first-order chi connectivity index (χ1) is 10.4. The summed E-state index contributed by atoms with van der Waals surface area (Å²) in [5, 5.41) is 3.62. The van der Waals surface area contributed by atoms with Crippen LogP contribution in [-0.2, 0) is 5.41 Å². The molecule has 1 saturated carbocycles. The molecule has 1 fully saturated rings. The highest BCUT2D eigenvalue weighted by Crippen LogP contribution is 2.32. The van der Waals surface area contributed by atoms with E-state index >= 15 is 0 Å². The molecule has 2 heterocycles. The van der Waals surface area contributed by atoms with Gasteiger partial charge >= 0.3 is 0 Å². The Morgan fingerprint density at radius 3 is 2.73 bits per heavy atom. The second-order valence-corrected chi connectivity index (χ2v) is 8.00. The smallest absolute Gasteiger partial charge is 0.274 e. The molecule has 0 aromatic carbocycles. The van der Waals surface area contributed by atoms with Crippen molar-refractivity contribution in [3.8, 4) is 0 Å². The second kappa shape index (κ2) is 5.88. The van der Waals surface area contributed by atoms with Crippen LogP contribution < -0.4 is 5.32 Å². The molecule has 2 aromatic rings. The van der Waals surface area contributed by atoms with Gasteiger partial charge in [0.25, 0.3) is 5.91 Å². The Labute approximate surface area is 135 Å². The summed E-state index contributed by atoms with van der Waals surface area (Å²) in [4.78, 5) is 18.1. The van der Waals surface area contributed by atoms with E-state index in [1.54, 1.807) is 11.3 Å². The third kappa shape index (κ3) is 3.09. The summed E-state index contributed by atoms with van der Waals surface area (Å²) < 4.78 is 2.13. The van der Waals surface area contributed by atoms with Gasteiger partial charge in [0.2, 0.25) is 0 Å². The van der Waals surface area contributed by atoms with E-state index in [2.05, 4.69) is 35.6 Å². The predicted molar refractivity (Wildman–Crippen MR) is 90.7 cm³/mol. The maximum absolute atomic E-state index is 12.5. The number of carbonyl (C=O) groups excluding carboxylic acids is 1. The van der Waals surface area contributed by atoms with E-state index < -0.39 is 0 Å². The van der Waals surface area contributed by atoms with Crippen molar-refractivity contribution in [3.63, 3.8) is 0 Å². The van der Waals surface area contributed by atoms with E-state index in [0.29, 0.717) is 11.2 Å². The van der Waals surface area contributed by atoms with E-state index in [4.69, 9.17) is 0 Å². The molecule has 1 N–H and O–H groups in total. The molecule has 4 nitrogen and oxygen atoms in total. The molecule has 3 rings (SSSR count). The van der Waals surface area contributed by atoms with E-state index in [1.807, 2.05) is 24.5 Å². The van der Waals surface area contributed by atoms with Crippen LogP contribution in [0.2, 0.25) is 0 Å². The molecule has 1 aliphatic rings. The highest BCUT2D eigenvalue weighted by Gasteiger charge is 2.22. The molecule has 0 radical (unpaired) electrons. The number of nitrogens with one attached hydrogen (secondary N) is 1.